The van der Waals surface area contributed by atoms with Crippen molar-refractivity contribution in [3.05, 3.63) is 128 Å². The van der Waals surface area contributed by atoms with E-state index < -0.39 is 27.9 Å². The second-order valence-electron chi connectivity index (χ2n) is 7.84. The van der Waals surface area contributed by atoms with Gasteiger partial charge in [0, 0.05) is 16.1 Å². The monoisotopic (exact) mass is 514 g/mol. The molecule has 1 aromatic heterocycles. The summed E-state index contributed by atoms with van der Waals surface area (Å²) in [6, 6.07) is 21.4. The lowest BCUT2D eigenvalue weighted by molar-refractivity contribution is 0.529. The molecule has 9 heteroatoms. The Kier molecular flexibility index (Phi) is 5.72. The molecule has 0 fully saturated rings. The van der Waals surface area contributed by atoms with Crippen molar-refractivity contribution in [2.75, 3.05) is 4.31 Å². The number of fused-ring (bicyclic) bond motifs is 1. The molecule has 2 atom stereocenters. The molecular weight excluding hydrogens is 498 g/mol. The highest BCUT2D eigenvalue weighted by Crippen LogP contribution is 2.49. The van der Waals surface area contributed by atoms with Crippen LogP contribution in [0, 0.1) is 5.82 Å². The fourth-order valence-electron chi connectivity index (χ4n) is 4.34. The predicted molar refractivity (Wildman–Crippen MR) is 131 cm³/mol. The fourth-order valence-corrected chi connectivity index (χ4v) is 6.27. The van der Waals surface area contributed by atoms with Gasteiger partial charge in [-0.05, 0) is 59.7 Å². The first-order valence-electron chi connectivity index (χ1n) is 10.3. The van der Waals surface area contributed by atoms with Crippen LogP contribution in [0.5, 0.6) is 0 Å². The number of benzene rings is 3. The Morgan fingerprint density at radius 2 is 1.29 bits per heavy atom. The van der Waals surface area contributed by atoms with Crippen molar-refractivity contribution in [2.45, 2.75) is 17.0 Å². The maximum atomic E-state index is 14.0. The zero-order valence-electron chi connectivity index (χ0n) is 17.5. The topological polar surface area (TPSA) is 59.4 Å². The summed E-state index contributed by atoms with van der Waals surface area (Å²) in [7, 11) is -4.27. The molecule has 5 rings (SSSR count). The van der Waals surface area contributed by atoms with Crippen molar-refractivity contribution in [2.24, 2.45) is 0 Å². The molecule has 3 aromatic carbocycles. The summed E-state index contributed by atoms with van der Waals surface area (Å²) in [6.07, 6.45) is 0. The molecule has 1 aliphatic heterocycles. The third-order valence-electron chi connectivity index (χ3n) is 5.80. The van der Waals surface area contributed by atoms with Gasteiger partial charge in [0.25, 0.3) is 15.6 Å². The van der Waals surface area contributed by atoms with Crippen LogP contribution in [-0.2, 0) is 10.0 Å². The van der Waals surface area contributed by atoms with Gasteiger partial charge in [0.1, 0.15) is 11.6 Å². The van der Waals surface area contributed by atoms with Crippen molar-refractivity contribution < 1.29 is 12.8 Å². The predicted octanol–water partition coefficient (Wildman–Crippen LogP) is 5.83. The van der Waals surface area contributed by atoms with Gasteiger partial charge in [-0.1, -0.05) is 59.6 Å². The van der Waals surface area contributed by atoms with E-state index in [9.17, 15) is 17.6 Å². The fraction of sp³-hybridized carbons (Fsp3) is 0.0800. The quantitative estimate of drug-likeness (QED) is 0.344. The first-order valence-corrected chi connectivity index (χ1v) is 12.5. The van der Waals surface area contributed by atoms with Crippen LogP contribution in [0.3, 0.4) is 0 Å². The summed E-state index contributed by atoms with van der Waals surface area (Å²) in [4.78, 5) is 12.9. The van der Waals surface area contributed by atoms with E-state index in [1.165, 1.54) is 39.2 Å². The Balaban J connectivity index is 1.82. The molecule has 0 aliphatic carbocycles. The molecule has 0 spiro atoms. The van der Waals surface area contributed by atoms with Crippen molar-refractivity contribution >= 4 is 39.0 Å². The standard InChI is InChI=1S/C25H17Cl2FN2O3S/c26-18-11-7-16(8-12-18)24-25(17-9-13-19(27)14-10-17)30(22-5-2-6-23(31)29(22)24)34(32,33)21-4-1-3-20(28)15-21/h1-15,24-25H/t24-,25+/m1/s1. The van der Waals surface area contributed by atoms with E-state index in [0.717, 1.165) is 6.07 Å². The number of nitrogens with zero attached hydrogens (tertiary/aromatic N) is 2. The lowest BCUT2D eigenvalue weighted by Crippen LogP contribution is -2.33. The van der Waals surface area contributed by atoms with Gasteiger partial charge in [-0.3, -0.25) is 9.36 Å². The highest BCUT2D eigenvalue weighted by Gasteiger charge is 2.47. The Morgan fingerprint density at radius 3 is 1.88 bits per heavy atom. The number of hydrogen-bond acceptors (Lipinski definition) is 3. The van der Waals surface area contributed by atoms with E-state index in [0.29, 0.717) is 21.2 Å². The molecule has 2 heterocycles. The number of rotatable bonds is 4. The summed E-state index contributed by atoms with van der Waals surface area (Å²) < 4.78 is 44.5. The average molecular weight is 515 g/mol. The zero-order chi connectivity index (χ0) is 24.0. The van der Waals surface area contributed by atoms with Crippen LogP contribution < -0.4 is 9.86 Å². The van der Waals surface area contributed by atoms with Gasteiger partial charge >= 0.3 is 0 Å². The first-order chi connectivity index (χ1) is 16.3. The minimum absolute atomic E-state index is 0.177. The Hall–Kier alpha value is -3.13. The Bertz CT molecular complexity index is 1540. The molecule has 0 N–H and O–H groups in total. The molecule has 4 aromatic rings. The minimum atomic E-state index is -4.27. The van der Waals surface area contributed by atoms with Crippen LogP contribution in [-0.4, -0.2) is 13.0 Å². The molecule has 0 bridgehead atoms. The molecule has 0 unspecified atom stereocenters. The lowest BCUT2D eigenvalue weighted by Gasteiger charge is -2.29. The van der Waals surface area contributed by atoms with Crippen LogP contribution in [0.15, 0.2) is 101 Å². The van der Waals surface area contributed by atoms with Crippen molar-refractivity contribution in [3.63, 3.8) is 0 Å². The van der Waals surface area contributed by atoms with E-state index in [1.54, 1.807) is 54.6 Å². The zero-order valence-corrected chi connectivity index (χ0v) is 19.8. The van der Waals surface area contributed by atoms with Crippen LogP contribution in [0.25, 0.3) is 0 Å². The van der Waals surface area contributed by atoms with Gasteiger partial charge in [-0.2, -0.15) is 0 Å². The number of anilines is 1. The average Bonchev–Trinajstić information content (AvgIpc) is 3.17. The second-order valence-corrected chi connectivity index (χ2v) is 10.5. The molecule has 0 amide bonds. The lowest BCUT2D eigenvalue weighted by atomic mass is 9.94. The largest absolute Gasteiger partial charge is 0.284 e. The van der Waals surface area contributed by atoms with Gasteiger partial charge in [-0.25, -0.2) is 17.1 Å². The van der Waals surface area contributed by atoms with Crippen molar-refractivity contribution in [1.82, 2.24) is 4.57 Å². The third kappa shape index (κ3) is 3.79. The van der Waals surface area contributed by atoms with Gasteiger partial charge < -0.3 is 0 Å². The number of aromatic nitrogens is 1. The summed E-state index contributed by atoms with van der Waals surface area (Å²) >= 11 is 12.2. The number of hydrogen-bond donors (Lipinski definition) is 0. The number of sulfonamides is 1. The van der Waals surface area contributed by atoms with Crippen molar-refractivity contribution in [3.8, 4) is 0 Å². The molecule has 0 saturated carbocycles. The summed E-state index contributed by atoms with van der Waals surface area (Å²) in [5.41, 5.74) is 0.941. The molecule has 0 saturated heterocycles. The molecule has 34 heavy (non-hydrogen) atoms. The SMILES string of the molecule is O=c1cccc2n1[C@H](c1ccc(Cl)cc1)[C@H](c1ccc(Cl)cc1)N2S(=O)(=O)c1cccc(F)c1. The van der Waals surface area contributed by atoms with E-state index in [2.05, 4.69) is 0 Å². The van der Waals surface area contributed by atoms with Crippen LogP contribution >= 0.6 is 23.2 Å². The first kappa shape index (κ1) is 22.7. The van der Waals surface area contributed by atoms with Crippen molar-refractivity contribution in [1.29, 1.82) is 0 Å². The third-order valence-corrected chi connectivity index (χ3v) is 8.09. The highest BCUT2D eigenvalue weighted by molar-refractivity contribution is 7.92. The van der Waals surface area contributed by atoms with E-state index >= 15 is 0 Å². The number of pyridine rings is 1. The molecular formula is C25H17Cl2FN2O3S. The highest BCUT2D eigenvalue weighted by atomic mass is 35.5. The van der Waals surface area contributed by atoms with E-state index in [1.807, 2.05) is 0 Å². The van der Waals surface area contributed by atoms with E-state index in [-0.39, 0.29) is 16.3 Å². The van der Waals surface area contributed by atoms with Crippen LogP contribution in [0.2, 0.25) is 10.0 Å². The smallest absolute Gasteiger partial charge is 0.266 e. The van der Waals surface area contributed by atoms with Gasteiger partial charge in [0.05, 0.1) is 17.0 Å². The van der Waals surface area contributed by atoms with Gasteiger partial charge in [-0.15, -0.1) is 0 Å². The van der Waals surface area contributed by atoms with Gasteiger partial charge in [0.2, 0.25) is 0 Å². The summed E-state index contributed by atoms with van der Waals surface area (Å²) in [5, 5.41) is 0.994. The molecule has 0 radical (unpaired) electrons. The van der Waals surface area contributed by atoms with Gasteiger partial charge in [0.15, 0.2) is 0 Å². The van der Waals surface area contributed by atoms with E-state index in [4.69, 9.17) is 23.2 Å². The molecule has 5 nitrogen and oxygen atoms in total. The second kappa shape index (κ2) is 8.58. The number of halogens is 3. The maximum Gasteiger partial charge on any atom is 0.266 e. The molecule has 172 valence electrons. The minimum Gasteiger partial charge on any atom is -0.284 e. The summed E-state index contributed by atoms with van der Waals surface area (Å²) in [6.45, 7) is 0. The Morgan fingerprint density at radius 1 is 0.735 bits per heavy atom. The Labute approximate surface area is 205 Å². The summed E-state index contributed by atoms with van der Waals surface area (Å²) in [5.74, 6) is -0.500. The van der Waals surface area contributed by atoms with Crippen LogP contribution in [0.1, 0.15) is 23.2 Å². The molecule has 1 aliphatic rings. The normalized spacial score (nSPS) is 17.6. The maximum absolute atomic E-state index is 14.0. The van der Waals surface area contributed by atoms with Crippen LogP contribution in [0.4, 0.5) is 10.2 Å².